The van der Waals surface area contributed by atoms with Gasteiger partial charge in [-0.3, -0.25) is 14.5 Å². The molecule has 0 aromatic heterocycles. The molecule has 1 heterocycles. The summed E-state index contributed by atoms with van der Waals surface area (Å²) in [6, 6.07) is 8.68. The van der Waals surface area contributed by atoms with Crippen molar-refractivity contribution in [2.45, 2.75) is 39.2 Å². The number of hydrogen-bond acceptors (Lipinski definition) is 3. The Balaban J connectivity index is 1.89. The van der Waals surface area contributed by atoms with Gasteiger partial charge in [-0.15, -0.1) is 0 Å². The first-order valence-corrected chi connectivity index (χ1v) is 8.78. The maximum absolute atomic E-state index is 12.2. The lowest BCUT2D eigenvalue weighted by Gasteiger charge is -2.35. The first-order chi connectivity index (χ1) is 11.5. The fraction of sp³-hybridized carbons (Fsp3) is 0.579. The summed E-state index contributed by atoms with van der Waals surface area (Å²) < 4.78 is 0. The Labute approximate surface area is 144 Å². The summed E-state index contributed by atoms with van der Waals surface area (Å²) in [7, 11) is 0. The molecule has 2 rings (SSSR count). The van der Waals surface area contributed by atoms with Crippen molar-refractivity contribution in [2.24, 2.45) is 11.8 Å². The lowest BCUT2D eigenvalue weighted by Crippen LogP contribution is -2.44. The molecule has 1 aliphatic heterocycles. The number of carboxylic acids is 1. The van der Waals surface area contributed by atoms with Crippen LogP contribution in [0.4, 0.5) is 0 Å². The number of carbonyl (C=O) groups is 2. The highest BCUT2D eigenvalue weighted by atomic mass is 16.4. The number of hydrogen-bond donors (Lipinski definition) is 2. The van der Waals surface area contributed by atoms with Crippen molar-refractivity contribution in [3.05, 3.63) is 35.9 Å². The predicted octanol–water partition coefficient (Wildman–Crippen LogP) is 2.69. The van der Waals surface area contributed by atoms with Crippen molar-refractivity contribution in [1.29, 1.82) is 0 Å². The largest absolute Gasteiger partial charge is 0.480 e. The third-order valence-corrected chi connectivity index (χ3v) is 4.64. The molecule has 1 aromatic carbocycles. The fourth-order valence-electron chi connectivity index (χ4n) is 3.19. The number of carboxylic acid groups (broad SMARTS) is 1. The summed E-state index contributed by atoms with van der Waals surface area (Å²) in [4.78, 5) is 25.9. The number of nitrogens with one attached hydrogen (secondary N) is 1. The zero-order valence-electron chi connectivity index (χ0n) is 14.6. The second-order valence-electron chi connectivity index (χ2n) is 6.94. The first-order valence-electron chi connectivity index (χ1n) is 8.78. The first kappa shape index (κ1) is 18.5. The van der Waals surface area contributed by atoms with Crippen LogP contribution in [0.2, 0.25) is 0 Å². The summed E-state index contributed by atoms with van der Waals surface area (Å²) in [6.07, 6.45) is 2.41. The molecular weight excluding hydrogens is 304 g/mol. The van der Waals surface area contributed by atoms with Crippen molar-refractivity contribution < 1.29 is 14.7 Å². The zero-order chi connectivity index (χ0) is 17.5. The van der Waals surface area contributed by atoms with E-state index in [9.17, 15) is 14.7 Å². The lowest BCUT2D eigenvalue weighted by atomic mass is 9.93. The van der Waals surface area contributed by atoms with E-state index in [1.54, 1.807) is 0 Å². The van der Waals surface area contributed by atoms with E-state index in [2.05, 4.69) is 19.2 Å². The Morgan fingerprint density at radius 1 is 1.21 bits per heavy atom. The monoisotopic (exact) mass is 332 g/mol. The Hall–Kier alpha value is -1.88. The van der Waals surface area contributed by atoms with Gasteiger partial charge in [0.1, 0.15) is 6.04 Å². The Morgan fingerprint density at radius 2 is 1.83 bits per heavy atom. The molecule has 1 aromatic rings. The van der Waals surface area contributed by atoms with Crippen molar-refractivity contribution in [2.75, 3.05) is 19.6 Å². The number of amides is 1. The molecule has 132 valence electrons. The number of likely N-dealkylation sites (tertiary alicyclic amines) is 1. The Kier molecular flexibility index (Phi) is 6.79. The maximum atomic E-state index is 12.2. The van der Waals surface area contributed by atoms with Crippen LogP contribution in [-0.2, 0) is 9.59 Å². The van der Waals surface area contributed by atoms with Gasteiger partial charge in [0.2, 0.25) is 5.91 Å². The number of aliphatic carboxylic acids is 1. The molecule has 1 fully saturated rings. The van der Waals surface area contributed by atoms with Gasteiger partial charge < -0.3 is 10.4 Å². The van der Waals surface area contributed by atoms with Crippen LogP contribution in [0.25, 0.3) is 0 Å². The zero-order valence-corrected chi connectivity index (χ0v) is 14.6. The third-order valence-electron chi connectivity index (χ3n) is 4.64. The third kappa shape index (κ3) is 5.06. The molecule has 0 saturated carbocycles. The summed E-state index contributed by atoms with van der Waals surface area (Å²) in [5.74, 6) is -0.143. The number of carbonyl (C=O) groups excluding carboxylic acids is 1. The molecule has 0 bridgehead atoms. The SMILES string of the molecule is CC(C)CCNC(=O)C1CCN(C(C(=O)O)c2ccccc2)CC1. The second kappa shape index (κ2) is 8.83. The number of benzene rings is 1. The molecule has 2 N–H and O–H groups in total. The summed E-state index contributed by atoms with van der Waals surface area (Å²) >= 11 is 0. The Bertz CT molecular complexity index is 537. The van der Waals surface area contributed by atoms with Gasteiger partial charge in [0.15, 0.2) is 0 Å². The van der Waals surface area contributed by atoms with E-state index in [1.807, 2.05) is 35.2 Å². The van der Waals surface area contributed by atoms with Crippen LogP contribution < -0.4 is 5.32 Å². The number of piperidine rings is 1. The van der Waals surface area contributed by atoms with Crippen molar-refractivity contribution in [3.8, 4) is 0 Å². The van der Waals surface area contributed by atoms with E-state index in [4.69, 9.17) is 0 Å². The van der Waals surface area contributed by atoms with Gasteiger partial charge in [-0.05, 0) is 30.7 Å². The highest BCUT2D eigenvalue weighted by molar-refractivity contribution is 5.79. The van der Waals surface area contributed by atoms with Crippen LogP contribution in [0.1, 0.15) is 44.7 Å². The van der Waals surface area contributed by atoms with Gasteiger partial charge in [0.05, 0.1) is 0 Å². The van der Waals surface area contributed by atoms with Crippen LogP contribution in [0.15, 0.2) is 30.3 Å². The molecule has 1 aliphatic rings. The van der Waals surface area contributed by atoms with Crippen molar-refractivity contribution in [1.82, 2.24) is 10.2 Å². The summed E-state index contributed by atoms with van der Waals surface area (Å²) in [6.45, 7) is 6.27. The standard InChI is InChI=1S/C19H28N2O3/c1-14(2)8-11-20-18(22)16-9-12-21(13-10-16)17(19(23)24)15-6-4-3-5-7-15/h3-7,14,16-17H,8-13H2,1-2H3,(H,20,22)(H,23,24). The van der Waals surface area contributed by atoms with E-state index in [1.165, 1.54) is 0 Å². The highest BCUT2D eigenvalue weighted by Crippen LogP contribution is 2.27. The summed E-state index contributed by atoms with van der Waals surface area (Å²) in [5, 5.41) is 12.6. The average molecular weight is 332 g/mol. The van der Waals surface area contributed by atoms with E-state index in [0.717, 1.165) is 18.5 Å². The molecule has 0 radical (unpaired) electrons. The molecule has 1 atom stereocenters. The van der Waals surface area contributed by atoms with Gasteiger partial charge in [-0.25, -0.2) is 0 Å². The smallest absolute Gasteiger partial charge is 0.325 e. The topological polar surface area (TPSA) is 69.6 Å². The van der Waals surface area contributed by atoms with Gasteiger partial charge in [0.25, 0.3) is 0 Å². The van der Waals surface area contributed by atoms with Crippen LogP contribution in [0.3, 0.4) is 0 Å². The molecule has 0 spiro atoms. The van der Waals surface area contributed by atoms with Crippen LogP contribution >= 0.6 is 0 Å². The van der Waals surface area contributed by atoms with E-state index in [0.29, 0.717) is 31.8 Å². The summed E-state index contributed by atoms with van der Waals surface area (Å²) in [5.41, 5.74) is 0.796. The predicted molar refractivity (Wildman–Crippen MR) is 93.6 cm³/mol. The van der Waals surface area contributed by atoms with E-state index < -0.39 is 12.0 Å². The van der Waals surface area contributed by atoms with Gasteiger partial charge in [-0.1, -0.05) is 44.2 Å². The van der Waals surface area contributed by atoms with Crippen LogP contribution in [-0.4, -0.2) is 41.5 Å². The molecule has 1 amide bonds. The molecule has 5 nitrogen and oxygen atoms in total. The number of nitrogens with zero attached hydrogens (tertiary/aromatic N) is 1. The molecular formula is C19H28N2O3. The minimum Gasteiger partial charge on any atom is -0.480 e. The Morgan fingerprint density at radius 3 is 2.38 bits per heavy atom. The van der Waals surface area contributed by atoms with Gasteiger partial charge >= 0.3 is 5.97 Å². The minimum atomic E-state index is -0.832. The fourth-order valence-corrected chi connectivity index (χ4v) is 3.19. The lowest BCUT2D eigenvalue weighted by molar-refractivity contribution is -0.144. The minimum absolute atomic E-state index is 0.00127. The normalized spacial score (nSPS) is 17.6. The second-order valence-corrected chi connectivity index (χ2v) is 6.94. The average Bonchev–Trinajstić information content (AvgIpc) is 2.56. The van der Waals surface area contributed by atoms with Gasteiger partial charge in [-0.2, -0.15) is 0 Å². The highest BCUT2D eigenvalue weighted by Gasteiger charge is 2.32. The number of rotatable bonds is 7. The molecule has 24 heavy (non-hydrogen) atoms. The van der Waals surface area contributed by atoms with Crippen LogP contribution in [0, 0.1) is 11.8 Å². The van der Waals surface area contributed by atoms with E-state index in [-0.39, 0.29) is 11.8 Å². The quantitative estimate of drug-likeness (QED) is 0.805. The van der Waals surface area contributed by atoms with E-state index >= 15 is 0 Å². The van der Waals surface area contributed by atoms with Crippen molar-refractivity contribution in [3.63, 3.8) is 0 Å². The molecule has 1 saturated heterocycles. The van der Waals surface area contributed by atoms with Crippen molar-refractivity contribution >= 4 is 11.9 Å². The van der Waals surface area contributed by atoms with Crippen LogP contribution in [0.5, 0.6) is 0 Å². The van der Waals surface area contributed by atoms with Gasteiger partial charge in [0, 0.05) is 25.6 Å². The molecule has 5 heteroatoms. The molecule has 1 unspecified atom stereocenters. The molecule has 0 aliphatic carbocycles. The maximum Gasteiger partial charge on any atom is 0.325 e.